The van der Waals surface area contributed by atoms with E-state index in [9.17, 15) is 9.59 Å². The van der Waals surface area contributed by atoms with E-state index in [-0.39, 0.29) is 29.6 Å². The molecule has 5 nitrogen and oxygen atoms in total. The second-order valence-corrected chi connectivity index (χ2v) is 8.21. The van der Waals surface area contributed by atoms with Crippen LogP contribution in [0.15, 0.2) is 60.7 Å². The molecule has 0 bridgehead atoms. The van der Waals surface area contributed by atoms with Crippen LogP contribution in [0.1, 0.15) is 34.7 Å². The standard InChI is InChI=1S/C24H29N3O2/c25-14-21-16-27(17-22(21)18-8-3-1-4-9-18)24(29)20-12-7-13-26(15-20)23(28)19-10-5-2-6-11-19/h1-6,8-11,20-22H,7,12-17,25H2/t20?,21-,22+/m1/s1. The lowest BCUT2D eigenvalue weighted by Gasteiger charge is -2.34. The molecule has 2 aliphatic heterocycles. The first-order valence-corrected chi connectivity index (χ1v) is 10.6. The number of carbonyl (C=O) groups is 2. The number of amides is 2. The summed E-state index contributed by atoms with van der Waals surface area (Å²) in [6.07, 6.45) is 1.71. The fourth-order valence-corrected chi connectivity index (χ4v) is 4.75. The van der Waals surface area contributed by atoms with E-state index >= 15 is 0 Å². The summed E-state index contributed by atoms with van der Waals surface area (Å²) in [5.74, 6) is 0.645. The van der Waals surface area contributed by atoms with Crippen molar-refractivity contribution < 1.29 is 9.59 Å². The molecule has 4 rings (SSSR count). The lowest BCUT2D eigenvalue weighted by Crippen LogP contribution is -2.46. The van der Waals surface area contributed by atoms with Crippen LogP contribution in [0, 0.1) is 11.8 Å². The molecule has 3 atom stereocenters. The number of likely N-dealkylation sites (tertiary alicyclic amines) is 2. The van der Waals surface area contributed by atoms with Gasteiger partial charge in [-0.3, -0.25) is 9.59 Å². The Bertz CT molecular complexity index is 840. The quantitative estimate of drug-likeness (QED) is 0.871. The SMILES string of the molecule is NC[C@@H]1CN(C(=O)C2CCCN(C(=O)c3ccccc3)C2)C[C@H]1c1ccccc1. The van der Waals surface area contributed by atoms with Gasteiger partial charge in [0.2, 0.25) is 5.91 Å². The molecule has 2 aromatic carbocycles. The predicted molar refractivity (Wildman–Crippen MR) is 113 cm³/mol. The molecule has 0 saturated carbocycles. The summed E-state index contributed by atoms with van der Waals surface area (Å²) in [7, 11) is 0. The minimum absolute atomic E-state index is 0.0199. The first-order valence-electron chi connectivity index (χ1n) is 10.6. The van der Waals surface area contributed by atoms with E-state index in [1.807, 2.05) is 58.3 Å². The molecule has 5 heteroatoms. The third-order valence-electron chi connectivity index (χ3n) is 6.36. The fraction of sp³-hybridized carbons (Fsp3) is 0.417. The van der Waals surface area contributed by atoms with Gasteiger partial charge in [0.15, 0.2) is 0 Å². The Labute approximate surface area is 172 Å². The Morgan fingerprint density at radius 3 is 2.28 bits per heavy atom. The van der Waals surface area contributed by atoms with E-state index in [1.165, 1.54) is 5.56 Å². The summed E-state index contributed by atoms with van der Waals surface area (Å²) in [6, 6.07) is 19.7. The van der Waals surface area contributed by atoms with Crippen LogP contribution in [0.4, 0.5) is 0 Å². The second-order valence-electron chi connectivity index (χ2n) is 8.21. The topological polar surface area (TPSA) is 66.6 Å². The van der Waals surface area contributed by atoms with Crippen molar-refractivity contribution in [3.8, 4) is 0 Å². The van der Waals surface area contributed by atoms with Gasteiger partial charge in [0.05, 0.1) is 5.92 Å². The van der Waals surface area contributed by atoms with Gasteiger partial charge in [-0.05, 0) is 43.0 Å². The minimum atomic E-state index is -0.121. The van der Waals surface area contributed by atoms with Crippen molar-refractivity contribution in [2.24, 2.45) is 17.6 Å². The predicted octanol–water partition coefficient (Wildman–Crippen LogP) is 2.74. The average Bonchev–Trinajstić information content (AvgIpc) is 3.24. The zero-order valence-electron chi connectivity index (χ0n) is 16.7. The monoisotopic (exact) mass is 391 g/mol. The van der Waals surface area contributed by atoms with Gasteiger partial charge >= 0.3 is 0 Å². The molecular weight excluding hydrogens is 362 g/mol. The molecule has 2 saturated heterocycles. The molecule has 0 spiro atoms. The van der Waals surface area contributed by atoms with Gasteiger partial charge in [-0.25, -0.2) is 0 Å². The molecule has 2 fully saturated rings. The summed E-state index contributed by atoms with van der Waals surface area (Å²) in [6.45, 7) is 3.22. The number of hydrogen-bond acceptors (Lipinski definition) is 3. The van der Waals surface area contributed by atoms with Crippen LogP contribution in [0.5, 0.6) is 0 Å². The Morgan fingerprint density at radius 1 is 0.897 bits per heavy atom. The number of nitrogens with zero attached hydrogens (tertiary/aromatic N) is 2. The van der Waals surface area contributed by atoms with Gasteiger partial charge in [-0.1, -0.05) is 48.5 Å². The summed E-state index contributed by atoms with van der Waals surface area (Å²) in [5.41, 5.74) is 7.98. The van der Waals surface area contributed by atoms with Gasteiger partial charge in [0.1, 0.15) is 0 Å². The molecule has 2 aromatic rings. The molecule has 29 heavy (non-hydrogen) atoms. The van der Waals surface area contributed by atoms with E-state index in [2.05, 4.69) is 12.1 Å². The highest BCUT2D eigenvalue weighted by Gasteiger charge is 2.39. The molecule has 2 amide bonds. The van der Waals surface area contributed by atoms with Crippen molar-refractivity contribution in [1.82, 2.24) is 9.80 Å². The fourth-order valence-electron chi connectivity index (χ4n) is 4.75. The van der Waals surface area contributed by atoms with Crippen LogP contribution >= 0.6 is 0 Å². The lowest BCUT2D eigenvalue weighted by atomic mass is 9.89. The van der Waals surface area contributed by atoms with E-state index in [0.29, 0.717) is 31.7 Å². The summed E-state index contributed by atoms with van der Waals surface area (Å²) < 4.78 is 0. The normalized spacial score (nSPS) is 24.5. The van der Waals surface area contributed by atoms with Gasteiger partial charge in [-0.2, -0.15) is 0 Å². The molecule has 2 N–H and O–H groups in total. The van der Waals surface area contributed by atoms with Crippen LogP contribution in [-0.4, -0.2) is 54.3 Å². The highest BCUT2D eigenvalue weighted by molar-refractivity contribution is 5.94. The van der Waals surface area contributed by atoms with Crippen LogP contribution in [0.2, 0.25) is 0 Å². The molecule has 0 radical (unpaired) electrons. The lowest BCUT2D eigenvalue weighted by molar-refractivity contribution is -0.136. The first-order chi connectivity index (χ1) is 14.2. The van der Waals surface area contributed by atoms with Crippen LogP contribution in [0.25, 0.3) is 0 Å². The molecule has 152 valence electrons. The summed E-state index contributed by atoms with van der Waals surface area (Å²) >= 11 is 0. The van der Waals surface area contributed by atoms with Gasteiger partial charge in [0.25, 0.3) is 5.91 Å². The molecule has 0 aliphatic carbocycles. The summed E-state index contributed by atoms with van der Waals surface area (Å²) in [4.78, 5) is 29.9. The summed E-state index contributed by atoms with van der Waals surface area (Å²) in [5, 5.41) is 0. The van der Waals surface area contributed by atoms with Crippen molar-refractivity contribution in [2.45, 2.75) is 18.8 Å². The van der Waals surface area contributed by atoms with Crippen molar-refractivity contribution in [1.29, 1.82) is 0 Å². The number of piperidine rings is 1. The van der Waals surface area contributed by atoms with Crippen molar-refractivity contribution in [3.63, 3.8) is 0 Å². The maximum Gasteiger partial charge on any atom is 0.253 e. The first kappa shape index (κ1) is 19.6. The van der Waals surface area contributed by atoms with E-state index in [1.54, 1.807) is 0 Å². The van der Waals surface area contributed by atoms with Crippen LogP contribution in [-0.2, 0) is 4.79 Å². The Kier molecular flexibility index (Phi) is 5.95. The average molecular weight is 392 g/mol. The van der Waals surface area contributed by atoms with Crippen LogP contribution < -0.4 is 5.73 Å². The van der Waals surface area contributed by atoms with Crippen molar-refractivity contribution in [3.05, 3.63) is 71.8 Å². The number of benzene rings is 2. The van der Waals surface area contributed by atoms with Crippen molar-refractivity contribution in [2.75, 3.05) is 32.7 Å². The molecule has 2 aliphatic rings. The number of hydrogen-bond donors (Lipinski definition) is 1. The van der Waals surface area contributed by atoms with E-state index in [4.69, 9.17) is 5.73 Å². The third kappa shape index (κ3) is 4.20. The largest absolute Gasteiger partial charge is 0.341 e. The Hall–Kier alpha value is -2.66. The molecular formula is C24H29N3O2. The third-order valence-corrected chi connectivity index (χ3v) is 6.36. The zero-order chi connectivity index (χ0) is 20.2. The smallest absolute Gasteiger partial charge is 0.253 e. The number of nitrogens with two attached hydrogens (primary N) is 1. The number of rotatable bonds is 4. The minimum Gasteiger partial charge on any atom is -0.341 e. The van der Waals surface area contributed by atoms with Gasteiger partial charge in [0, 0.05) is 37.7 Å². The van der Waals surface area contributed by atoms with Gasteiger partial charge < -0.3 is 15.5 Å². The highest BCUT2D eigenvalue weighted by atomic mass is 16.2. The number of carbonyl (C=O) groups excluding carboxylic acids is 2. The van der Waals surface area contributed by atoms with Gasteiger partial charge in [-0.15, -0.1) is 0 Å². The van der Waals surface area contributed by atoms with Crippen LogP contribution in [0.3, 0.4) is 0 Å². The van der Waals surface area contributed by atoms with E-state index in [0.717, 1.165) is 19.4 Å². The maximum atomic E-state index is 13.3. The maximum absolute atomic E-state index is 13.3. The Balaban J connectivity index is 1.43. The Morgan fingerprint density at radius 2 is 1.59 bits per heavy atom. The van der Waals surface area contributed by atoms with Crippen molar-refractivity contribution >= 4 is 11.8 Å². The highest BCUT2D eigenvalue weighted by Crippen LogP contribution is 2.33. The van der Waals surface area contributed by atoms with E-state index < -0.39 is 0 Å². The molecule has 2 heterocycles. The molecule has 1 unspecified atom stereocenters. The molecule has 0 aromatic heterocycles. The zero-order valence-corrected chi connectivity index (χ0v) is 16.7. The second kappa shape index (κ2) is 8.78.